The Morgan fingerprint density at radius 3 is 2.19 bits per heavy atom. The standard InChI is InChI=1S/C23H22FNO5S/c1-3-28-17-9-11-18(12-10-17)30-13-20(26)25-22-21(23(27)29-4-2)19(14-31-22)15-5-7-16(24)8-6-15/h5-12,14H,3-4,13H2,1-2H3,(H,25,26). The lowest BCUT2D eigenvalue weighted by atomic mass is 10.0. The molecule has 0 bridgehead atoms. The number of amides is 1. The lowest BCUT2D eigenvalue weighted by molar-refractivity contribution is -0.118. The van der Waals surface area contributed by atoms with Crippen molar-refractivity contribution >= 4 is 28.2 Å². The molecule has 0 aliphatic carbocycles. The van der Waals surface area contributed by atoms with Gasteiger partial charge in [-0.25, -0.2) is 9.18 Å². The van der Waals surface area contributed by atoms with Gasteiger partial charge in [-0.05, 0) is 55.8 Å². The maximum Gasteiger partial charge on any atom is 0.341 e. The van der Waals surface area contributed by atoms with Crippen molar-refractivity contribution in [3.63, 3.8) is 0 Å². The summed E-state index contributed by atoms with van der Waals surface area (Å²) in [5, 5.41) is 4.78. The molecule has 1 aromatic heterocycles. The first-order valence-corrected chi connectivity index (χ1v) is 10.6. The second-order valence-electron chi connectivity index (χ2n) is 6.32. The second kappa shape index (κ2) is 10.6. The minimum Gasteiger partial charge on any atom is -0.494 e. The van der Waals surface area contributed by atoms with Crippen LogP contribution in [0.2, 0.25) is 0 Å². The molecule has 0 radical (unpaired) electrons. The minimum absolute atomic E-state index is 0.186. The van der Waals surface area contributed by atoms with E-state index in [1.54, 1.807) is 48.7 Å². The average Bonchev–Trinajstić information content (AvgIpc) is 3.17. The van der Waals surface area contributed by atoms with Crippen molar-refractivity contribution in [3.05, 3.63) is 65.3 Å². The van der Waals surface area contributed by atoms with Crippen LogP contribution in [0.4, 0.5) is 9.39 Å². The van der Waals surface area contributed by atoms with Crippen LogP contribution in [0.25, 0.3) is 11.1 Å². The summed E-state index contributed by atoms with van der Waals surface area (Å²) in [6.07, 6.45) is 0. The summed E-state index contributed by atoms with van der Waals surface area (Å²) >= 11 is 1.19. The van der Waals surface area contributed by atoms with Crippen molar-refractivity contribution in [2.24, 2.45) is 0 Å². The fourth-order valence-electron chi connectivity index (χ4n) is 2.81. The Bertz CT molecular complexity index is 1030. The topological polar surface area (TPSA) is 73.9 Å². The summed E-state index contributed by atoms with van der Waals surface area (Å²) < 4.78 is 29.3. The SMILES string of the molecule is CCOC(=O)c1c(-c2ccc(F)cc2)csc1NC(=O)COc1ccc(OCC)cc1. The van der Waals surface area contributed by atoms with Gasteiger partial charge in [-0.1, -0.05) is 12.1 Å². The smallest absolute Gasteiger partial charge is 0.341 e. The molecule has 0 saturated heterocycles. The number of ether oxygens (including phenoxy) is 3. The van der Waals surface area contributed by atoms with Crippen LogP contribution in [-0.4, -0.2) is 31.7 Å². The zero-order chi connectivity index (χ0) is 22.2. The molecule has 2 aromatic carbocycles. The number of halogens is 1. The van der Waals surface area contributed by atoms with E-state index in [-0.39, 0.29) is 24.6 Å². The molecule has 0 unspecified atom stereocenters. The first-order chi connectivity index (χ1) is 15.0. The van der Waals surface area contributed by atoms with Crippen molar-refractivity contribution in [3.8, 4) is 22.6 Å². The average molecular weight is 443 g/mol. The van der Waals surface area contributed by atoms with Crippen LogP contribution in [0, 0.1) is 5.82 Å². The summed E-state index contributed by atoms with van der Waals surface area (Å²) in [5.41, 5.74) is 1.44. The van der Waals surface area contributed by atoms with Gasteiger partial charge in [0.2, 0.25) is 0 Å². The molecular formula is C23H22FNO5S. The van der Waals surface area contributed by atoms with Crippen LogP contribution in [0.3, 0.4) is 0 Å². The van der Waals surface area contributed by atoms with Gasteiger partial charge in [0.25, 0.3) is 5.91 Å². The lowest BCUT2D eigenvalue weighted by Crippen LogP contribution is -2.21. The van der Waals surface area contributed by atoms with Crippen LogP contribution in [0.1, 0.15) is 24.2 Å². The predicted molar refractivity (Wildman–Crippen MR) is 117 cm³/mol. The van der Waals surface area contributed by atoms with Crippen molar-refractivity contribution in [1.82, 2.24) is 0 Å². The fourth-order valence-corrected chi connectivity index (χ4v) is 3.78. The van der Waals surface area contributed by atoms with Crippen molar-refractivity contribution in [1.29, 1.82) is 0 Å². The van der Waals surface area contributed by atoms with E-state index in [1.165, 1.54) is 23.5 Å². The monoisotopic (exact) mass is 443 g/mol. The molecule has 1 amide bonds. The summed E-state index contributed by atoms with van der Waals surface area (Å²) in [6, 6.07) is 12.7. The largest absolute Gasteiger partial charge is 0.494 e. The summed E-state index contributed by atoms with van der Waals surface area (Å²) in [5.74, 6) is -0.137. The van der Waals surface area contributed by atoms with E-state index in [4.69, 9.17) is 14.2 Å². The third kappa shape index (κ3) is 5.82. The summed E-state index contributed by atoms with van der Waals surface area (Å²) in [4.78, 5) is 25.0. The predicted octanol–water partition coefficient (Wildman–Crippen LogP) is 5.15. The Morgan fingerprint density at radius 2 is 1.58 bits per heavy atom. The van der Waals surface area contributed by atoms with Gasteiger partial charge in [0.05, 0.1) is 13.2 Å². The van der Waals surface area contributed by atoms with E-state index >= 15 is 0 Å². The van der Waals surface area contributed by atoms with Crippen molar-refractivity contribution < 1.29 is 28.2 Å². The van der Waals surface area contributed by atoms with Crippen LogP contribution in [-0.2, 0) is 9.53 Å². The molecular weight excluding hydrogens is 421 g/mol. The van der Waals surface area contributed by atoms with Gasteiger partial charge in [0.1, 0.15) is 27.9 Å². The molecule has 1 heterocycles. The zero-order valence-corrected chi connectivity index (χ0v) is 18.0. The Morgan fingerprint density at radius 1 is 0.935 bits per heavy atom. The minimum atomic E-state index is -0.564. The van der Waals surface area contributed by atoms with Gasteiger partial charge in [0.15, 0.2) is 6.61 Å². The number of carbonyl (C=O) groups is 2. The maximum atomic E-state index is 13.3. The highest BCUT2D eigenvalue weighted by Crippen LogP contribution is 2.36. The highest BCUT2D eigenvalue weighted by Gasteiger charge is 2.23. The number of carbonyl (C=O) groups excluding carboxylic acids is 2. The number of benzene rings is 2. The molecule has 0 atom stereocenters. The van der Waals surface area contributed by atoms with Crippen molar-refractivity contribution in [2.75, 3.05) is 25.1 Å². The molecule has 0 fully saturated rings. The van der Waals surface area contributed by atoms with E-state index in [1.807, 2.05) is 6.92 Å². The number of nitrogens with one attached hydrogen (secondary N) is 1. The normalized spacial score (nSPS) is 10.4. The molecule has 3 rings (SSSR count). The number of esters is 1. The third-order valence-corrected chi connectivity index (χ3v) is 5.08. The Hall–Kier alpha value is -3.39. The molecule has 0 spiro atoms. The molecule has 3 aromatic rings. The lowest BCUT2D eigenvalue weighted by Gasteiger charge is -2.10. The summed E-state index contributed by atoms with van der Waals surface area (Å²) in [7, 11) is 0. The zero-order valence-electron chi connectivity index (χ0n) is 17.1. The molecule has 0 saturated carbocycles. The molecule has 8 heteroatoms. The number of anilines is 1. The van der Waals surface area contributed by atoms with Crippen molar-refractivity contribution in [2.45, 2.75) is 13.8 Å². The molecule has 31 heavy (non-hydrogen) atoms. The van der Waals surface area contributed by atoms with E-state index in [0.29, 0.717) is 34.2 Å². The van der Waals surface area contributed by atoms with Gasteiger partial charge in [-0.2, -0.15) is 0 Å². The van der Waals surface area contributed by atoms with Gasteiger partial charge in [0, 0.05) is 10.9 Å². The maximum absolute atomic E-state index is 13.3. The number of hydrogen-bond donors (Lipinski definition) is 1. The third-order valence-electron chi connectivity index (χ3n) is 4.18. The first kappa shape index (κ1) is 22.3. The molecule has 1 N–H and O–H groups in total. The Balaban J connectivity index is 1.73. The van der Waals surface area contributed by atoms with Crippen LogP contribution in [0.5, 0.6) is 11.5 Å². The second-order valence-corrected chi connectivity index (χ2v) is 7.20. The van der Waals surface area contributed by atoms with Crippen LogP contribution < -0.4 is 14.8 Å². The molecule has 162 valence electrons. The highest BCUT2D eigenvalue weighted by molar-refractivity contribution is 7.15. The number of rotatable bonds is 9. The fraction of sp³-hybridized carbons (Fsp3) is 0.217. The van der Waals surface area contributed by atoms with E-state index in [0.717, 1.165) is 0 Å². The van der Waals surface area contributed by atoms with Gasteiger partial charge in [-0.15, -0.1) is 11.3 Å². The molecule has 0 aliphatic heterocycles. The Labute approximate surface area is 183 Å². The number of thiophene rings is 1. The summed E-state index contributed by atoms with van der Waals surface area (Å²) in [6.45, 7) is 4.11. The number of hydrogen-bond acceptors (Lipinski definition) is 6. The van der Waals surface area contributed by atoms with E-state index < -0.39 is 11.9 Å². The molecule has 0 aliphatic rings. The van der Waals surface area contributed by atoms with Crippen LogP contribution in [0.15, 0.2) is 53.9 Å². The molecule has 6 nitrogen and oxygen atoms in total. The van der Waals surface area contributed by atoms with Gasteiger partial charge >= 0.3 is 5.97 Å². The van der Waals surface area contributed by atoms with E-state index in [2.05, 4.69) is 5.32 Å². The van der Waals surface area contributed by atoms with Crippen LogP contribution >= 0.6 is 11.3 Å². The quantitative estimate of drug-likeness (QED) is 0.463. The van der Waals surface area contributed by atoms with E-state index in [9.17, 15) is 14.0 Å². The van der Waals surface area contributed by atoms with Gasteiger partial charge in [-0.3, -0.25) is 4.79 Å². The first-order valence-electron chi connectivity index (χ1n) is 9.71. The Kier molecular flexibility index (Phi) is 7.61. The van der Waals surface area contributed by atoms with Gasteiger partial charge < -0.3 is 19.5 Å². The highest BCUT2D eigenvalue weighted by atomic mass is 32.1.